The smallest absolute Gasteiger partial charge is 0.242 e. The largest absolute Gasteiger partial charge is 0.544 e. The highest BCUT2D eigenvalue weighted by atomic mass is 28.4. The number of benzene rings is 1. The van der Waals surface area contributed by atoms with Gasteiger partial charge in [-0.2, -0.15) is 5.10 Å². The molecule has 4 nitrogen and oxygen atoms in total. The van der Waals surface area contributed by atoms with Gasteiger partial charge in [0.25, 0.3) is 0 Å². The zero-order chi connectivity index (χ0) is 16.3. The molecule has 118 valence electrons. The van der Waals surface area contributed by atoms with Crippen LogP contribution in [0.1, 0.15) is 23.7 Å². The van der Waals surface area contributed by atoms with E-state index in [2.05, 4.69) is 37.7 Å². The number of aromatic nitrogens is 2. The van der Waals surface area contributed by atoms with Gasteiger partial charge in [-0.05, 0) is 39.6 Å². The van der Waals surface area contributed by atoms with Crippen LogP contribution in [0, 0.1) is 6.92 Å². The van der Waals surface area contributed by atoms with Crippen molar-refractivity contribution in [2.75, 3.05) is 0 Å². The van der Waals surface area contributed by atoms with E-state index in [1.807, 2.05) is 43.0 Å². The van der Waals surface area contributed by atoms with Gasteiger partial charge >= 0.3 is 0 Å². The number of hydrogen-bond acceptors (Lipinski definition) is 3. The Morgan fingerprint density at radius 1 is 1.27 bits per heavy atom. The molecule has 0 aliphatic heterocycles. The summed E-state index contributed by atoms with van der Waals surface area (Å²) in [6, 6.07) is 8.17. The van der Waals surface area contributed by atoms with E-state index in [0.29, 0.717) is 6.54 Å². The van der Waals surface area contributed by atoms with Crippen LogP contribution < -0.4 is 4.43 Å². The number of aryl methyl sites for hydroxylation is 1. The summed E-state index contributed by atoms with van der Waals surface area (Å²) in [7, 11) is 0.331. The summed E-state index contributed by atoms with van der Waals surface area (Å²) in [4.78, 5) is 4.73. The van der Waals surface area contributed by atoms with Crippen molar-refractivity contribution in [2.24, 2.45) is 12.0 Å². The van der Waals surface area contributed by atoms with Gasteiger partial charge in [0.05, 0.1) is 12.7 Å². The number of hydrogen-bond donors (Lipinski definition) is 0. The highest BCUT2D eigenvalue weighted by Gasteiger charge is 2.17. The quantitative estimate of drug-likeness (QED) is 0.619. The van der Waals surface area contributed by atoms with Gasteiger partial charge in [-0.15, -0.1) is 0 Å². The van der Waals surface area contributed by atoms with E-state index in [1.165, 1.54) is 0 Å². The monoisotopic (exact) mass is 315 g/mol. The normalized spacial score (nSPS) is 12.5. The second-order valence-corrected chi connectivity index (χ2v) is 10.9. The fraction of sp³-hybridized carbons (Fsp3) is 0.412. The summed E-state index contributed by atoms with van der Waals surface area (Å²) < 4.78 is 8.02. The predicted molar refractivity (Wildman–Crippen MR) is 94.3 cm³/mol. The first-order chi connectivity index (χ1) is 10.3. The highest BCUT2D eigenvalue weighted by molar-refractivity contribution is 6.70. The fourth-order valence-electron chi connectivity index (χ4n) is 2.21. The maximum absolute atomic E-state index is 6.15. The van der Waals surface area contributed by atoms with E-state index in [0.717, 1.165) is 28.3 Å². The molecule has 0 spiro atoms. The van der Waals surface area contributed by atoms with Gasteiger partial charge in [0.1, 0.15) is 5.75 Å². The second kappa shape index (κ2) is 6.48. The third-order valence-electron chi connectivity index (χ3n) is 3.50. The molecule has 0 radical (unpaired) electrons. The first kappa shape index (κ1) is 16.5. The molecule has 0 bridgehead atoms. The highest BCUT2D eigenvalue weighted by Crippen LogP contribution is 2.22. The summed E-state index contributed by atoms with van der Waals surface area (Å²) in [5, 5.41) is 4.27. The minimum absolute atomic E-state index is 0.626. The Morgan fingerprint density at radius 2 is 1.95 bits per heavy atom. The molecule has 0 unspecified atom stereocenters. The van der Waals surface area contributed by atoms with E-state index >= 15 is 0 Å². The van der Waals surface area contributed by atoms with Crippen LogP contribution in [0.4, 0.5) is 0 Å². The van der Waals surface area contributed by atoms with Crippen LogP contribution in [-0.4, -0.2) is 23.8 Å². The van der Waals surface area contributed by atoms with Crippen LogP contribution in [0.5, 0.6) is 5.75 Å². The summed E-state index contributed by atoms with van der Waals surface area (Å²) >= 11 is 0. The molecule has 0 amide bonds. The maximum Gasteiger partial charge on any atom is 0.242 e. The molecule has 1 heterocycles. The third-order valence-corrected chi connectivity index (χ3v) is 4.33. The number of para-hydroxylation sites is 1. The van der Waals surface area contributed by atoms with Crippen LogP contribution in [-0.2, 0) is 13.6 Å². The van der Waals surface area contributed by atoms with Crippen LogP contribution in [0.15, 0.2) is 35.5 Å². The molecule has 2 rings (SSSR count). The van der Waals surface area contributed by atoms with Crippen molar-refractivity contribution in [1.82, 2.24) is 9.78 Å². The van der Waals surface area contributed by atoms with E-state index < -0.39 is 8.32 Å². The molecular formula is C17H25N3OSi. The molecule has 0 N–H and O–H groups in total. The average Bonchev–Trinajstić information content (AvgIpc) is 2.76. The number of rotatable bonds is 5. The number of nitrogens with zero attached hydrogens (tertiary/aromatic N) is 3. The lowest BCUT2D eigenvalue weighted by Crippen LogP contribution is -2.29. The lowest BCUT2D eigenvalue weighted by Gasteiger charge is -2.21. The van der Waals surface area contributed by atoms with E-state index in [-0.39, 0.29) is 0 Å². The van der Waals surface area contributed by atoms with Gasteiger partial charge in [-0.3, -0.25) is 9.67 Å². The Bertz CT molecular complexity index is 683. The minimum Gasteiger partial charge on any atom is -0.544 e. The topological polar surface area (TPSA) is 39.4 Å². The van der Waals surface area contributed by atoms with E-state index in [4.69, 9.17) is 9.42 Å². The fourth-order valence-corrected chi connectivity index (χ4v) is 3.07. The molecule has 0 fully saturated rings. The molecule has 0 atom stereocenters. The van der Waals surface area contributed by atoms with Crippen molar-refractivity contribution >= 4 is 14.0 Å². The molecule has 1 aromatic heterocycles. The molecule has 0 aliphatic carbocycles. The summed E-state index contributed by atoms with van der Waals surface area (Å²) in [6.45, 7) is 11.3. The van der Waals surface area contributed by atoms with Crippen molar-refractivity contribution in [3.8, 4) is 5.75 Å². The minimum atomic E-state index is -1.62. The molecular weight excluding hydrogens is 290 g/mol. The van der Waals surface area contributed by atoms with Gasteiger partial charge in [0.15, 0.2) is 0 Å². The lowest BCUT2D eigenvalue weighted by molar-refractivity contribution is 0.549. The first-order valence-corrected chi connectivity index (χ1v) is 11.0. The Balaban J connectivity index is 2.21. The van der Waals surface area contributed by atoms with Crippen LogP contribution in [0.2, 0.25) is 19.6 Å². The first-order valence-electron chi connectivity index (χ1n) is 7.55. The number of aliphatic imine (C=N–C) groups is 1. The molecule has 22 heavy (non-hydrogen) atoms. The molecule has 0 saturated carbocycles. The Morgan fingerprint density at radius 3 is 2.55 bits per heavy atom. The zero-order valence-corrected chi connectivity index (χ0v) is 15.3. The molecule has 1 aromatic carbocycles. The zero-order valence-electron chi connectivity index (χ0n) is 14.3. The second-order valence-electron chi connectivity index (χ2n) is 6.49. The lowest BCUT2D eigenvalue weighted by atomic mass is 10.1. The van der Waals surface area contributed by atoms with Crippen molar-refractivity contribution < 1.29 is 4.43 Å². The average molecular weight is 315 g/mol. The van der Waals surface area contributed by atoms with E-state index in [1.54, 1.807) is 0 Å². The molecule has 0 aliphatic rings. The van der Waals surface area contributed by atoms with E-state index in [9.17, 15) is 0 Å². The van der Waals surface area contributed by atoms with Gasteiger partial charge in [0, 0.05) is 29.6 Å². The molecule has 0 saturated heterocycles. The van der Waals surface area contributed by atoms with Crippen LogP contribution in [0.3, 0.4) is 0 Å². The van der Waals surface area contributed by atoms with Crippen LogP contribution >= 0.6 is 0 Å². The van der Waals surface area contributed by atoms with Gasteiger partial charge in [-0.1, -0.05) is 18.2 Å². The van der Waals surface area contributed by atoms with Gasteiger partial charge < -0.3 is 4.43 Å². The standard InChI is InChI=1S/C17H25N3OSi/c1-13(16-12-19-20(3)14(16)2)18-11-15-9-7-8-10-17(15)21-22(4,5)6/h7-10,12H,11H2,1-6H3. The van der Waals surface area contributed by atoms with Crippen molar-refractivity contribution in [3.05, 3.63) is 47.3 Å². The summed E-state index contributed by atoms with van der Waals surface area (Å²) in [5.41, 5.74) is 4.37. The SMILES string of the molecule is CC(=NCc1ccccc1O[Si](C)(C)C)c1cnn(C)c1C. The summed E-state index contributed by atoms with van der Waals surface area (Å²) in [6.07, 6.45) is 1.87. The Hall–Kier alpha value is -1.88. The van der Waals surface area contributed by atoms with Gasteiger partial charge in [0.2, 0.25) is 8.32 Å². The van der Waals surface area contributed by atoms with Crippen LogP contribution in [0.25, 0.3) is 0 Å². The van der Waals surface area contributed by atoms with Gasteiger partial charge in [-0.25, -0.2) is 0 Å². The third kappa shape index (κ3) is 4.07. The van der Waals surface area contributed by atoms with Crippen molar-refractivity contribution in [2.45, 2.75) is 40.0 Å². The molecule has 2 aromatic rings. The van der Waals surface area contributed by atoms with Crippen molar-refractivity contribution in [3.63, 3.8) is 0 Å². The molecule has 5 heteroatoms. The Labute approximate surface area is 134 Å². The van der Waals surface area contributed by atoms with Crippen molar-refractivity contribution in [1.29, 1.82) is 0 Å². The maximum atomic E-state index is 6.15. The predicted octanol–water partition coefficient (Wildman–Crippen LogP) is 3.95. The Kier molecular flexibility index (Phi) is 4.86. The summed E-state index contributed by atoms with van der Waals surface area (Å²) in [5.74, 6) is 0.959.